The fraction of sp³-hybridized carbons (Fsp3) is 0.533. The summed E-state index contributed by atoms with van der Waals surface area (Å²) in [6.07, 6.45) is -0.737. The maximum Gasteiger partial charge on any atom is 0.408 e. The Morgan fingerprint density at radius 1 is 1.21 bits per heavy atom. The molecule has 0 aromatic carbocycles. The van der Waals surface area contributed by atoms with Gasteiger partial charge in [-0.15, -0.1) is 23.5 Å². The zero-order valence-corrected chi connectivity index (χ0v) is 15.7. The van der Waals surface area contributed by atoms with Crippen LogP contribution in [0.25, 0.3) is 0 Å². The van der Waals surface area contributed by atoms with E-state index in [2.05, 4.69) is 11.9 Å². The molecule has 0 aliphatic carbocycles. The smallest absolute Gasteiger partial charge is 0.408 e. The molecule has 0 unspecified atom stereocenters. The summed E-state index contributed by atoms with van der Waals surface area (Å²) in [6, 6.07) is 0. The predicted octanol–water partition coefficient (Wildman–Crippen LogP) is 2.43. The van der Waals surface area contributed by atoms with Crippen molar-refractivity contribution in [1.29, 1.82) is 0 Å². The van der Waals surface area contributed by atoms with Gasteiger partial charge < -0.3 is 19.5 Å². The van der Waals surface area contributed by atoms with Gasteiger partial charge in [-0.1, -0.05) is 6.58 Å². The third-order valence-corrected chi connectivity index (χ3v) is 5.15. The van der Waals surface area contributed by atoms with Crippen LogP contribution >= 0.6 is 23.5 Å². The molecule has 7 nitrogen and oxygen atoms in total. The van der Waals surface area contributed by atoms with Crippen LogP contribution in [0.1, 0.15) is 20.8 Å². The van der Waals surface area contributed by atoms with E-state index < -0.39 is 30.2 Å². The number of hydrogen-bond donors (Lipinski definition) is 1. The topological polar surface area (TPSA) is 90.9 Å². The number of esters is 2. The van der Waals surface area contributed by atoms with Crippen molar-refractivity contribution in [1.82, 2.24) is 5.32 Å². The number of carbonyl (C=O) groups is 3. The van der Waals surface area contributed by atoms with Gasteiger partial charge in [0, 0.05) is 11.5 Å². The molecule has 1 aliphatic rings. The Morgan fingerprint density at radius 2 is 1.79 bits per heavy atom. The van der Waals surface area contributed by atoms with E-state index in [1.54, 1.807) is 20.8 Å². The molecule has 1 rings (SSSR count). The minimum Gasteiger partial charge on any atom is -0.465 e. The van der Waals surface area contributed by atoms with Gasteiger partial charge in [-0.2, -0.15) is 0 Å². The predicted molar refractivity (Wildman–Crippen MR) is 93.4 cm³/mol. The van der Waals surface area contributed by atoms with Gasteiger partial charge in [-0.3, -0.25) is 0 Å². The lowest BCUT2D eigenvalue weighted by Gasteiger charge is -2.19. The van der Waals surface area contributed by atoms with Crippen molar-refractivity contribution >= 4 is 41.6 Å². The van der Waals surface area contributed by atoms with E-state index >= 15 is 0 Å². The van der Waals surface area contributed by atoms with Crippen LogP contribution in [0.4, 0.5) is 4.79 Å². The van der Waals surface area contributed by atoms with Crippen LogP contribution < -0.4 is 5.32 Å². The molecular weight excluding hydrogens is 354 g/mol. The first-order valence-electron chi connectivity index (χ1n) is 7.09. The standard InChI is InChI=1S/C15H21NO6S2/c1-9(11(12(18)20-5)13-23-6-7-24-13)21-10(17)8-16-14(19)22-15(2,3)4/h1,6-8H2,2-5H3,(H,16,19). The van der Waals surface area contributed by atoms with Gasteiger partial charge in [-0.05, 0) is 20.8 Å². The summed E-state index contributed by atoms with van der Waals surface area (Å²) in [7, 11) is 1.24. The second kappa shape index (κ2) is 9.03. The zero-order chi connectivity index (χ0) is 18.3. The van der Waals surface area contributed by atoms with Crippen molar-refractivity contribution in [3.63, 3.8) is 0 Å². The van der Waals surface area contributed by atoms with E-state index in [0.717, 1.165) is 11.5 Å². The molecule has 0 spiro atoms. The Kier molecular flexibility index (Phi) is 7.68. The second-order valence-electron chi connectivity index (χ2n) is 5.60. The third kappa shape index (κ3) is 6.88. The number of ether oxygens (including phenoxy) is 3. The van der Waals surface area contributed by atoms with Gasteiger partial charge in [0.2, 0.25) is 0 Å². The lowest BCUT2D eigenvalue weighted by molar-refractivity contribution is -0.139. The van der Waals surface area contributed by atoms with E-state index in [4.69, 9.17) is 14.2 Å². The molecule has 0 bridgehead atoms. The van der Waals surface area contributed by atoms with Crippen LogP contribution in [-0.2, 0) is 23.8 Å². The van der Waals surface area contributed by atoms with Gasteiger partial charge in [0.05, 0.1) is 11.3 Å². The maximum absolute atomic E-state index is 11.9. The molecule has 0 aromatic rings. The van der Waals surface area contributed by atoms with E-state index in [-0.39, 0.29) is 11.3 Å². The van der Waals surface area contributed by atoms with Crippen LogP contribution in [0.2, 0.25) is 0 Å². The summed E-state index contributed by atoms with van der Waals surface area (Å²) >= 11 is 2.95. The first-order valence-corrected chi connectivity index (χ1v) is 9.06. The molecule has 0 radical (unpaired) electrons. The highest BCUT2D eigenvalue weighted by Gasteiger charge is 2.26. The summed E-state index contributed by atoms with van der Waals surface area (Å²) in [4.78, 5) is 35.2. The Morgan fingerprint density at radius 3 is 2.29 bits per heavy atom. The first-order chi connectivity index (χ1) is 11.1. The Balaban J connectivity index is 2.61. The molecule has 1 saturated heterocycles. The number of alkyl carbamates (subject to hydrolysis) is 1. The van der Waals surface area contributed by atoms with Gasteiger partial charge in [0.1, 0.15) is 23.5 Å². The summed E-state index contributed by atoms with van der Waals surface area (Å²) < 4.78 is 15.5. The lowest BCUT2D eigenvalue weighted by atomic mass is 10.2. The molecular formula is C15H21NO6S2. The first kappa shape index (κ1) is 20.4. The largest absolute Gasteiger partial charge is 0.465 e. The lowest BCUT2D eigenvalue weighted by Crippen LogP contribution is -2.36. The molecule has 1 amide bonds. The number of rotatable bonds is 5. The van der Waals surface area contributed by atoms with Crippen molar-refractivity contribution in [3.8, 4) is 0 Å². The average molecular weight is 375 g/mol. The number of thioether (sulfide) groups is 2. The number of amides is 1. The van der Waals surface area contributed by atoms with E-state index in [1.807, 2.05) is 0 Å². The molecule has 9 heteroatoms. The van der Waals surface area contributed by atoms with E-state index in [9.17, 15) is 14.4 Å². The highest BCUT2D eigenvalue weighted by Crippen LogP contribution is 2.40. The Bertz CT molecular complexity index is 557. The molecule has 1 heterocycles. The van der Waals surface area contributed by atoms with Crippen LogP contribution in [0.15, 0.2) is 22.1 Å². The van der Waals surface area contributed by atoms with E-state index in [0.29, 0.717) is 4.24 Å². The molecule has 1 fully saturated rings. The van der Waals surface area contributed by atoms with Crippen molar-refractivity contribution in [2.45, 2.75) is 26.4 Å². The van der Waals surface area contributed by atoms with Crippen LogP contribution in [0.5, 0.6) is 0 Å². The van der Waals surface area contributed by atoms with Gasteiger partial charge in [-0.25, -0.2) is 14.4 Å². The SMILES string of the molecule is C=C(OC(=O)CNC(=O)OC(C)(C)C)C(C(=O)OC)=C1SCCS1. The van der Waals surface area contributed by atoms with E-state index in [1.165, 1.54) is 30.6 Å². The quantitative estimate of drug-likeness (QED) is 0.339. The molecule has 1 N–H and O–H groups in total. The van der Waals surface area contributed by atoms with Crippen molar-refractivity contribution in [2.75, 3.05) is 25.2 Å². The Hall–Kier alpha value is -1.61. The molecule has 24 heavy (non-hydrogen) atoms. The number of methoxy groups -OCH3 is 1. The summed E-state index contributed by atoms with van der Waals surface area (Å²) in [5, 5.41) is 2.28. The van der Waals surface area contributed by atoms with Gasteiger partial charge in [0.25, 0.3) is 0 Å². The number of nitrogens with one attached hydrogen (secondary N) is 1. The number of carbonyl (C=O) groups excluding carboxylic acids is 3. The molecule has 0 saturated carbocycles. The van der Waals surface area contributed by atoms with Crippen LogP contribution in [0.3, 0.4) is 0 Å². The average Bonchev–Trinajstić information content (AvgIpc) is 2.97. The summed E-state index contributed by atoms with van der Waals surface area (Å²) in [6.45, 7) is 8.34. The fourth-order valence-corrected chi connectivity index (χ4v) is 4.10. The molecule has 0 atom stereocenters. The fourth-order valence-electron chi connectivity index (χ4n) is 1.55. The summed E-state index contributed by atoms with van der Waals surface area (Å²) in [5.74, 6) is 0.213. The van der Waals surface area contributed by atoms with Crippen molar-refractivity contribution < 1.29 is 28.6 Å². The maximum atomic E-state index is 11.9. The monoisotopic (exact) mass is 375 g/mol. The third-order valence-electron chi connectivity index (χ3n) is 2.44. The highest BCUT2D eigenvalue weighted by molar-refractivity contribution is 8.25. The van der Waals surface area contributed by atoms with Crippen LogP contribution in [0, 0.1) is 0 Å². The molecule has 134 valence electrons. The second-order valence-corrected chi connectivity index (χ2v) is 8.07. The van der Waals surface area contributed by atoms with Crippen LogP contribution in [-0.4, -0.2) is 48.8 Å². The molecule has 0 aromatic heterocycles. The molecule has 1 aliphatic heterocycles. The minimum absolute atomic E-state index is 0.102. The van der Waals surface area contributed by atoms with Crippen molar-refractivity contribution in [2.24, 2.45) is 0 Å². The number of hydrogen-bond acceptors (Lipinski definition) is 8. The highest BCUT2D eigenvalue weighted by atomic mass is 32.2. The summed E-state index contributed by atoms with van der Waals surface area (Å²) in [5.41, 5.74) is -0.535. The zero-order valence-electron chi connectivity index (χ0n) is 14.1. The van der Waals surface area contributed by atoms with Gasteiger partial charge in [0.15, 0.2) is 0 Å². The van der Waals surface area contributed by atoms with Crippen molar-refractivity contribution in [3.05, 3.63) is 22.1 Å². The Labute approximate surface area is 149 Å². The normalized spacial score (nSPS) is 13.9. The van der Waals surface area contributed by atoms with Gasteiger partial charge >= 0.3 is 18.0 Å². The minimum atomic E-state index is -0.763.